The van der Waals surface area contributed by atoms with Crippen LogP contribution >= 0.6 is 46.3 Å². The molecule has 0 fully saturated rings. The van der Waals surface area contributed by atoms with Crippen molar-refractivity contribution in [2.75, 3.05) is 0 Å². The van der Waals surface area contributed by atoms with Gasteiger partial charge in [-0.15, -0.1) is 5.10 Å². The number of nitro benzene ring substituents is 1. The number of aromatic nitrogens is 2. The summed E-state index contributed by atoms with van der Waals surface area (Å²) in [6.07, 6.45) is 0. The standard InChI is InChI=1S/C9H4Cl3N3O3S/c10-4-1-7(15(16)17)8(2-5(4)11)18-3-6-9(12)19-14-13-6/h1-2H,3H2. The molecule has 0 saturated heterocycles. The fraction of sp³-hybridized carbons (Fsp3) is 0.111. The van der Waals surface area contributed by atoms with Gasteiger partial charge in [0.25, 0.3) is 0 Å². The molecule has 0 spiro atoms. The van der Waals surface area contributed by atoms with Gasteiger partial charge < -0.3 is 4.74 Å². The minimum absolute atomic E-state index is 0.0107. The van der Waals surface area contributed by atoms with E-state index < -0.39 is 4.92 Å². The minimum Gasteiger partial charge on any atom is -0.480 e. The Morgan fingerprint density at radius 1 is 1.32 bits per heavy atom. The molecule has 1 aromatic heterocycles. The van der Waals surface area contributed by atoms with Crippen LogP contribution in [0, 0.1) is 10.1 Å². The summed E-state index contributed by atoms with van der Waals surface area (Å²) in [5, 5.41) is 14.8. The Labute approximate surface area is 126 Å². The summed E-state index contributed by atoms with van der Waals surface area (Å²) in [6, 6.07) is 2.40. The largest absolute Gasteiger partial charge is 0.480 e. The first-order valence-electron chi connectivity index (χ1n) is 4.72. The van der Waals surface area contributed by atoms with Gasteiger partial charge in [-0.25, -0.2) is 0 Å². The van der Waals surface area contributed by atoms with Crippen LogP contribution in [0.25, 0.3) is 0 Å². The fourth-order valence-electron chi connectivity index (χ4n) is 1.21. The van der Waals surface area contributed by atoms with Crippen molar-refractivity contribution >= 4 is 52.0 Å². The van der Waals surface area contributed by atoms with Gasteiger partial charge in [0.1, 0.15) is 16.6 Å². The molecule has 0 aliphatic heterocycles. The van der Waals surface area contributed by atoms with E-state index in [-0.39, 0.29) is 28.1 Å². The first kappa shape index (κ1) is 14.3. The van der Waals surface area contributed by atoms with Crippen molar-refractivity contribution in [2.45, 2.75) is 6.61 Å². The summed E-state index contributed by atoms with van der Waals surface area (Å²) in [7, 11) is 0. The Kier molecular flexibility index (Phi) is 4.41. The maximum absolute atomic E-state index is 10.9. The molecule has 0 unspecified atom stereocenters. The monoisotopic (exact) mass is 339 g/mol. The van der Waals surface area contributed by atoms with E-state index in [1.165, 1.54) is 6.07 Å². The number of benzene rings is 1. The van der Waals surface area contributed by atoms with Crippen molar-refractivity contribution in [1.29, 1.82) is 0 Å². The minimum atomic E-state index is -0.613. The van der Waals surface area contributed by atoms with E-state index in [0.717, 1.165) is 17.6 Å². The first-order chi connectivity index (χ1) is 8.99. The lowest BCUT2D eigenvalue weighted by atomic mass is 10.3. The lowest BCUT2D eigenvalue weighted by molar-refractivity contribution is -0.385. The molecule has 0 radical (unpaired) electrons. The number of nitrogens with zero attached hydrogens (tertiary/aromatic N) is 3. The number of nitro groups is 1. The normalized spacial score (nSPS) is 10.5. The van der Waals surface area contributed by atoms with Gasteiger partial charge in [0.05, 0.1) is 15.0 Å². The van der Waals surface area contributed by atoms with Gasteiger partial charge in [0.15, 0.2) is 5.75 Å². The molecule has 100 valence electrons. The van der Waals surface area contributed by atoms with Crippen LogP contribution < -0.4 is 4.74 Å². The Morgan fingerprint density at radius 2 is 2.00 bits per heavy atom. The van der Waals surface area contributed by atoms with Gasteiger partial charge in [-0.3, -0.25) is 10.1 Å². The molecular weight excluding hydrogens is 337 g/mol. The van der Waals surface area contributed by atoms with E-state index in [9.17, 15) is 10.1 Å². The van der Waals surface area contributed by atoms with Crippen molar-refractivity contribution in [3.8, 4) is 5.75 Å². The van der Waals surface area contributed by atoms with Crippen LogP contribution in [0.2, 0.25) is 14.4 Å². The topological polar surface area (TPSA) is 78.2 Å². The summed E-state index contributed by atoms with van der Waals surface area (Å²) in [5.41, 5.74) is 0.112. The van der Waals surface area contributed by atoms with Gasteiger partial charge in [-0.1, -0.05) is 39.3 Å². The van der Waals surface area contributed by atoms with Gasteiger partial charge in [-0.2, -0.15) is 0 Å². The van der Waals surface area contributed by atoms with E-state index in [1.807, 2.05) is 0 Å². The Balaban J connectivity index is 2.26. The number of ether oxygens (including phenoxy) is 1. The van der Waals surface area contributed by atoms with Crippen LogP contribution in [0.5, 0.6) is 5.75 Å². The van der Waals surface area contributed by atoms with Crippen molar-refractivity contribution < 1.29 is 9.66 Å². The molecule has 2 rings (SSSR count). The number of hydrogen-bond acceptors (Lipinski definition) is 6. The zero-order valence-corrected chi connectivity index (χ0v) is 12.1. The average molecular weight is 341 g/mol. The molecule has 0 aliphatic carbocycles. The molecule has 0 N–H and O–H groups in total. The van der Waals surface area contributed by atoms with E-state index in [4.69, 9.17) is 39.5 Å². The Bertz CT molecular complexity index is 634. The molecule has 0 aliphatic rings. The highest BCUT2D eigenvalue weighted by molar-refractivity contribution is 7.10. The van der Waals surface area contributed by atoms with Crippen LogP contribution in [0.4, 0.5) is 5.69 Å². The quantitative estimate of drug-likeness (QED) is 0.621. The molecule has 19 heavy (non-hydrogen) atoms. The number of hydrogen-bond donors (Lipinski definition) is 0. The zero-order valence-electron chi connectivity index (χ0n) is 8.97. The molecule has 1 aromatic carbocycles. The maximum atomic E-state index is 10.9. The molecule has 0 amide bonds. The third-order valence-electron chi connectivity index (χ3n) is 2.07. The number of halogens is 3. The van der Waals surface area contributed by atoms with Crippen LogP contribution in [0.15, 0.2) is 12.1 Å². The van der Waals surface area contributed by atoms with Crippen molar-refractivity contribution in [3.05, 3.63) is 42.3 Å². The number of rotatable bonds is 4. The third-order valence-corrected chi connectivity index (χ3v) is 3.78. The van der Waals surface area contributed by atoms with E-state index in [2.05, 4.69) is 9.59 Å². The van der Waals surface area contributed by atoms with E-state index >= 15 is 0 Å². The SMILES string of the molecule is O=[N+]([O-])c1cc(Cl)c(Cl)cc1OCc1nnsc1Cl. The Morgan fingerprint density at radius 3 is 2.58 bits per heavy atom. The van der Waals surface area contributed by atoms with Crippen molar-refractivity contribution in [3.63, 3.8) is 0 Å². The highest BCUT2D eigenvalue weighted by Gasteiger charge is 2.19. The van der Waals surface area contributed by atoms with Crippen LogP contribution in [-0.2, 0) is 6.61 Å². The van der Waals surface area contributed by atoms with Crippen molar-refractivity contribution in [1.82, 2.24) is 9.59 Å². The molecular formula is C9H4Cl3N3O3S. The lowest BCUT2D eigenvalue weighted by Crippen LogP contribution is -2.00. The second-order valence-electron chi connectivity index (χ2n) is 3.27. The van der Waals surface area contributed by atoms with E-state index in [1.54, 1.807) is 0 Å². The van der Waals surface area contributed by atoms with E-state index in [0.29, 0.717) is 10.0 Å². The van der Waals surface area contributed by atoms with Gasteiger partial charge >= 0.3 is 5.69 Å². The smallest absolute Gasteiger partial charge is 0.312 e. The summed E-state index contributed by atoms with van der Waals surface area (Å²) < 4.78 is 9.28. The lowest BCUT2D eigenvalue weighted by Gasteiger charge is -2.06. The van der Waals surface area contributed by atoms with Crippen molar-refractivity contribution in [2.24, 2.45) is 0 Å². The molecule has 1 heterocycles. The van der Waals surface area contributed by atoms with Gasteiger partial charge in [0.2, 0.25) is 0 Å². The summed E-state index contributed by atoms with van der Waals surface area (Å²) in [6.45, 7) is -0.0475. The average Bonchev–Trinajstić information content (AvgIpc) is 2.75. The highest BCUT2D eigenvalue weighted by atomic mass is 35.5. The zero-order chi connectivity index (χ0) is 14.0. The highest BCUT2D eigenvalue weighted by Crippen LogP contribution is 2.36. The summed E-state index contributed by atoms with van der Waals surface area (Å²) in [5.74, 6) is -0.0107. The van der Waals surface area contributed by atoms with Gasteiger partial charge in [0, 0.05) is 23.7 Å². The molecule has 6 nitrogen and oxygen atoms in total. The molecule has 2 aromatic rings. The maximum Gasteiger partial charge on any atom is 0.312 e. The van der Waals surface area contributed by atoms with Crippen LogP contribution in [-0.4, -0.2) is 14.5 Å². The molecule has 0 bridgehead atoms. The first-order valence-corrected chi connectivity index (χ1v) is 6.62. The Hall–Kier alpha value is -1.15. The second kappa shape index (κ2) is 5.87. The molecule has 0 saturated carbocycles. The summed E-state index contributed by atoms with van der Waals surface area (Å²) in [4.78, 5) is 10.3. The molecule has 10 heteroatoms. The fourth-order valence-corrected chi connectivity index (χ4v) is 2.12. The van der Waals surface area contributed by atoms with Crippen LogP contribution in [0.1, 0.15) is 5.69 Å². The molecule has 0 atom stereocenters. The summed E-state index contributed by atoms with van der Waals surface area (Å²) >= 11 is 18.3. The predicted octanol–water partition coefficient (Wildman–Crippen LogP) is 3.99. The predicted molar refractivity (Wildman–Crippen MR) is 72.4 cm³/mol. The van der Waals surface area contributed by atoms with Crippen LogP contribution in [0.3, 0.4) is 0 Å². The second-order valence-corrected chi connectivity index (χ2v) is 5.44. The van der Waals surface area contributed by atoms with Gasteiger partial charge in [-0.05, 0) is 0 Å². The third kappa shape index (κ3) is 3.24.